The van der Waals surface area contributed by atoms with Crippen LogP contribution in [0.15, 0.2) is 24.3 Å². The molecule has 2 rings (SSSR count). The molecule has 0 spiro atoms. The number of hydrogen-bond donors (Lipinski definition) is 0. The van der Waals surface area contributed by atoms with Gasteiger partial charge < -0.3 is 4.74 Å². The van der Waals surface area contributed by atoms with Crippen molar-refractivity contribution in [2.45, 2.75) is 38.2 Å². The second kappa shape index (κ2) is 6.27. The van der Waals surface area contributed by atoms with Gasteiger partial charge in [0.05, 0.1) is 6.10 Å². The smallest absolute Gasteiger partial charge is 0.0827 e. The molecule has 1 aliphatic carbocycles. The highest BCUT2D eigenvalue weighted by atomic mass is 35.5. The van der Waals surface area contributed by atoms with Crippen LogP contribution < -0.4 is 0 Å². The molecule has 1 aliphatic rings. The molecule has 0 fully saturated rings. The van der Waals surface area contributed by atoms with Crippen molar-refractivity contribution in [3.05, 3.63) is 35.4 Å². The zero-order chi connectivity index (χ0) is 11.2. The number of alkyl halides is 1. The Morgan fingerprint density at radius 1 is 1.25 bits per heavy atom. The van der Waals surface area contributed by atoms with Crippen molar-refractivity contribution < 1.29 is 4.74 Å². The van der Waals surface area contributed by atoms with Gasteiger partial charge in [-0.3, -0.25) is 0 Å². The van der Waals surface area contributed by atoms with E-state index in [9.17, 15) is 0 Å². The highest BCUT2D eigenvalue weighted by Crippen LogP contribution is 2.31. The first kappa shape index (κ1) is 11.9. The maximum absolute atomic E-state index is 5.95. The maximum Gasteiger partial charge on any atom is 0.0827 e. The number of halogens is 1. The number of rotatable bonds is 4. The van der Waals surface area contributed by atoms with Gasteiger partial charge in [-0.25, -0.2) is 0 Å². The molecular weight excluding hydrogens is 220 g/mol. The van der Waals surface area contributed by atoms with Gasteiger partial charge in [0, 0.05) is 12.5 Å². The number of aryl methyl sites for hydroxylation is 1. The number of fused-ring (bicyclic) bond motifs is 1. The molecule has 0 saturated heterocycles. The van der Waals surface area contributed by atoms with Crippen molar-refractivity contribution in [1.82, 2.24) is 0 Å². The number of hydrogen-bond acceptors (Lipinski definition) is 1. The Hall–Kier alpha value is -0.530. The van der Waals surface area contributed by atoms with Gasteiger partial charge in [-0.05, 0) is 36.8 Å². The lowest BCUT2D eigenvalue weighted by molar-refractivity contribution is 0.0471. The summed E-state index contributed by atoms with van der Waals surface area (Å²) < 4.78 is 5.95. The first-order valence-electron chi connectivity index (χ1n) is 6.17. The molecule has 1 nitrogen and oxygen atoms in total. The average Bonchev–Trinajstić information content (AvgIpc) is 2.52. The van der Waals surface area contributed by atoms with Gasteiger partial charge in [-0.2, -0.15) is 0 Å². The zero-order valence-electron chi connectivity index (χ0n) is 9.62. The quantitative estimate of drug-likeness (QED) is 0.436. The summed E-state index contributed by atoms with van der Waals surface area (Å²) in [5.41, 5.74) is 2.87. The van der Waals surface area contributed by atoms with E-state index < -0.39 is 0 Å². The first-order valence-corrected chi connectivity index (χ1v) is 6.70. The minimum atomic E-state index is 0.293. The highest BCUT2D eigenvalue weighted by molar-refractivity contribution is 6.17. The molecule has 0 bridgehead atoms. The summed E-state index contributed by atoms with van der Waals surface area (Å²) in [6.45, 7) is 0.780. The van der Waals surface area contributed by atoms with Crippen LogP contribution in [0.4, 0.5) is 0 Å². The lowest BCUT2D eigenvalue weighted by Gasteiger charge is -2.18. The van der Waals surface area contributed by atoms with Gasteiger partial charge in [0.1, 0.15) is 0 Å². The van der Waals surface area contributed by atoms with Gasteiger partial charge in [-0.15, -0.1) is 11.6 Å². The van der Waals surface area contributed by atoms with Crippen LogP contribution in [0.25, 0.3) is 0 Å². The van der Waals surface area contributed by atoms with E-state index in [1.165, 1.54) is 30.4 Å². The minimum absolute atomic E-state index is 0.293. The van der Waals surface area contributed by atoms with Gasteiger partial charge in [0.25, 0.3) is 0 Å². The van der Waals surface area contributed by atoms with Crippen molar-refractivity contribution in [2.24, 2.45) is 0 Å². The Bertz CT molecular complexity index is 324. The van der Waals surface area contributed by atoms with E-state index in [2.05, 4.69) is 24.3 Å². The van der Waals surface area contributed by atoms with Gasteiger partial charge >= 0.3 is 0 Å². The first-order chi connectivity index (χ1) is 7.92. The molecule has 0 aliphatic heterocycles. The average molecular weight is 239 g/mol. The summed E-state index contributed by atoms with van der Waals surface area (Å²) in [7, 11) is 0. The summed E-state index contributed by atoms with van der Waals surface area (Å²) >= 11 is 5.67. The molecule has 88 valence electrons. The van der Waals surface area contributed by atoms with Crippen LogP contribution in [0.1, 0.15) is 42.9 Å². The standard InChI is InChI=1S/C14H19ClO/c15-10-5-11-16-14-9-4-2-7-12-6-1-3-8-13(12)14/h1,3,6,8,14H,2,4-5,7,9-11H2. The molecule has 0 amide bonds. The summed E-state index contributed by atoms with van der Waals surface area (Å²) in [5, 5.41) is 0. The van der Waals surface area contributed by atoms with Gasteiger partial charge in [0.2, 0.25) is 0 Å². The maximum atomic E-state index is 5.95. The molecule has 1 unspecified atom stereocenters. The molecule has 2 heteroatoms. The number of ether oxygens (including phenoxy) is 1. The molecule has 1 aromatic carbocycles. The lowest BCUT2D eigenvalue weighted by atomic mass is 10.0. The molecule has 0 radical (unpaired) electrons. The van der Waals surface area contributed by atoms with Crippen molar-refractivity contribution >= 4 is 11.6 Å². The Balaban J connectivity index is 2.06. The lowest BCUT2D eigenvalue weighted by Crippen LogP contribution is -2.06. The molecular formula is C14H19ClO. The Morgan fingerprint density at radius 2 is 2.12 bits per heavy atom. The predicted molar refractivity (Wildman–Crippen MR) is 68.0 cm³/mol. The van der Waals surface area contributed by atoms with Crippen LogP contribution in [0.5, 0.6) is 0 Å². The molecule has 1 atom stereocenters. The van der Waals surface area contributed by atoms with Gasteiger partial charge in [0.15, 0.2) is 0 Å². The molecule has 0 saturated carbocycles. The number of benzene rings is 1. The van der Waals surface area contributed by atoms with Crippen LogP contribution in [-0.2, 0) is 11.2 Å². The SMILES string of the molecule is ClCCCOC1CCCCc2ccccc21. The molecule has 0 aromatic heterocycles. The third-order valence-electron chi connectivity index (χ3n) is 3.16. The summed E-state index contributed by atoms with van der Waals surface area (Å²) in [5.74, 6) is 0.689. The molecule has 0 heterocycles. The van der Waals surface area contributed by atoms with E-state index in [4.69, 9.17) is 16.3 Å². The van der Waals surface area contributed by atoms with Gasteiger partial charge in [-0.1, -0.05) is 30.7 Å². The second-order valence-electron chi connectivity index (χ2n) is 4.35. The fourth-order valence-corrected chi connectivity index (χ4v) is 2.44. The van der Waals surface area contributed by atoms with E-state index >= 15 is 0 Å². The van der Waals surface area contributed by atoms with Crippen LogP contribution in [0.3, 0.4) is 0 Å². The van der Waals surface area contributed by atoms with E-state index in [0.717, 1.165) is 19.4 Å². The third kappa shape index (κ3) is 2.99. The molecule has 0 N–H and O–H groups in total. The fourth-order valence-electron chi connectivity index (χ4n) is 2.33. The van der Waals surface area contributed by atoms with Crippen molar-refractivity contribution in [1.29, 1.82) is 0 Å². The second-order valence-corrected chi connectivity index (χ2v) is 4.72. The Kier molecular flexibility index (Phi) is 4.68. The van der Waals surface area contributed by atoms with E-state index in [0.29, 0.717) is 12.0 Å². The Labute approximate surface area is 103 Å². The predicted octanol–water partition coefficient (Wildman–Crippen LogP) is 4.10. The minimum Gasteiger partial charge on any atom is -0.373 e. The van der Waals surface area contributed by atoms with Crippen molar-refractivity contribution in [2.75, 3.05) is 12.5 Å². The topological polar surface area (TPSA) is 9.23 Å². The fraction of sp³-hybridized carbons (Fsp3) is 0.571. The van der Waals surface area contributed by atoms with Crippen LogP contribution in [-0.4, -0.2) is 12.5 Å². The molecule has 16 heavy (non-hydrogen) atoms. The zero-order valence-corrected chi connectivity index (χ0v) is 10.4. The van der Waals surface area contributed by atoms with E-state index in [1.807, 2.05) is 0 Å². The Morgan fingerprint density at radius 3 is 3.00 bits per heavy atom. The monoisotopic (exact) mass is 238 g/mol. The largest absolute Gasteiger partial charge is 0.373 e. The van der Waals surface area contributed by atoms with Crippen molar-refractivity contribution in [3.63, 3.8) is 0 Å². The summed E-state index contributed by atoms with van der Waals surface area (Å²) in [6, 6.07) is 8.69. The summed E-state index contributed by atoms with van der Waals surface area (Å²) in [4.78, 5) is 0. The van der Waals surface area contributed by atoms with E-state index in [1.54, 1.807) is 0 Å². The molecule has 1 aromatic rings. The third-order valence-corrected chi connectivity index (χ3v) is 3.43. The van der Waals surface area contributed by atoms with E-state index in [-0.39, 0.29) is 0 Å². The normalized spacial score (nSPS) is 20.2. The van der Waals surface area contributed by atoms with Crippen LogP contribution in [0.2, 0.25) is 0 Å². The summed E-state index contributed by atoms with van der Waals surface area (Å²) in [6.07, 6.45) is 6.14. The van der Waals surface area contributed by atoms with Crippen LogP contribution >= 0.6 is 11.6 Å². The highest BCUT2D eigenvalue weighted by Gasteiger charge is 2.18. The van der Waals surface area contributed by atoms with Crippen LogP contribution in [0, 0.1) is 0 Å². The van der Waals surface area contributed by atoms with Crippen molar-refractivity contribution in [3.8, 4) is 0 Å².